The highest BCUT2D eigenvalue weighted by Gasteiger charge is 2.14. The first-order valence-corrected chi connectivity index (χ1v) is 7.19. The van der Waals surface area contributed by atoms with Gasteiger partial charge in [-0.05, 0) is 30.3 Å². The minimum Gasteiger partial charge on any atom is -0.495 e. The Morgan fingerprint density at radius 3 is 2.83 bits per heavy atom. The summed E-state index contributed by atoms with van der Waals surface area (Å²) in [7, 11) is 1.53. The Hall–Kier alpha value is -2.60. The molecule has 1 heterocycles. The van der Waals surface area contributed by atoms with Gasteiger partial charge in [0.1, 0.15) is 11.5 Å². The first kappa shape index (κ1) is 15.3. The first-order chi connectivity index (χ1) is 11.2. The summed E-state index contributed by atoms with van der Waals surface area (Å²) in [4.78, 5) is 11.9. The lowest BCUT2D eigenvalue weighted by molar-refractivity contribution is -0.118. The Morgan fingerprint density at radius 2 is 2.04 bits per heavy atom. The van der Waals surface area contributed by atoms with Gasteiger partial charge in [-0.1, -0.05) is 11.6 Å². The second-order valence-electron chi connectivity index (χ2n) is 4.70. The van der Waals surface area contributed by atoms with E-state index < -0.39 is 0 Å². The Bertz CT molecular complexity index is 734. The zero-order chi connectivity index (χ0) is 16.2. The molecule has 1 aliphatic heterocycles. The summed E-state index contributed by atoms with van der Waals surface area (Å²) < 4.78 is 20.9. The molecule has 1 aliphatic rings. The summed E-state index contributed by atoms with van der Waals surface area (Å²) in [5, 5.41) is 3.12. The van der Waals surface area contributed by atoms with Crippen molar-refractivity contribution < 1.29 is 23.7 Å². The molecule has 6 nitrogen and oxygen atoms in total. The predicted molar refractivity (Wildman–Crippen MR) is 84.7 cm³/mol. The summed E-state index contributed by atoms with van der Waals surface area (Å²) in [6, 6.07) is 10.1. The summed E-state index contributed by atoms with van der Waals surface area (Å²) >= 11 is 6.01. The quantitative estimate of drug-likeness (QED) is 0.909. The lowest BCUT2D eigenvalue weighted by atomic mass is 10.3. The van der Waals surface area contributed by atoms with Crippen molar-refractivity contribution in [1.82, 2.24) is 0 Å². The second kappa shape index (κ2) is 6.66. The summed E-state index contributed by atoms with van der Waals surface area (Å²) in [5.74, 6) is 2.03. The first-order valence-electron chi connectivity index (χ1n) is 6.81. The molecular formula is C16H14ClNO5. The van der Waals surface area contributed by atoms with Crippen molar-refractivity contribution in [1.29, 1.82) is 0 Å². The summed E-state index contributed by atoms with van der Waals surface area (Å²) in [6.07, 6.45) is 0. The van der Waals surface area contributed by atoms with Gasteiger partial charge in [-0.2, -0.15) is 0 Å². The van der Waals surface area contributed by atoms with E-state index in [9.17, 15) is 4.79 Å². The minimum atomic E-state index is -0.302. The van der Waals surface area contributed by atoms with Crippen LogP contribution in [0.2, 0.25) is 5.02 Å². The fourth-order valence-electron chi connectivity index (χ4n) is 2.06. The highest BCUT2D eigenvalue weighted by molar-refractivity contribution is 6.32. The van der Waals surface area contributed by atoms with Gasteiger partial charge in [-0.15, -0.1) is 0 Å². The number of amides is 1. The van der Waals surface area contributed by atoms with E-state index in [1.165, 1.54) is 7.11 Å². The molecule has 0 radical (unpaired) electrons. The average Bonchev–Trinajstić information content (AvgIpc) is 3.01. The van der Waals surface area contributed by atoms with Crippen LogP contribution in [0, 0.1) is 0 Å². The molecule has 7 heteroatoms. The number of benzene rings is 2. The molecule has 1 N–H and O–H groups in total. The van der Waals surface area contributed by atoms with Crippen LogP contribution in [-0.2, 0) is 4.79 Å². The molecule has 0 fully saturated rings. The third-order valence-corrected chi connectivity index (χ3v) is 3.44. The van der Waals surface area contributed by atoms with Crippen molar-refractivity contribution >= 4 is 23.2 Å². The normalized spacial score (nSPS) is 11.9. The third-order valence-electron chi connectivity index (χ3n) is 3.15. The van der Waals surface area contributed by atoms with Crippen molar-refractivity contribution in [2.45, 2.75) is 0 Å². The van der Waals surface area contributed by atoms with Crippen LogP contribution in [0.4, 0.5) is 5.69 Å². The number of rotatable bonds is 5. The van der Waals surface area contributed by atoms with E-state index in [0.717, 1.165) is 0 Å². The van der Waals surface area contributed by atoms with Gasteiger partial charge in [0.25, 0.3) is 5.91 Å². The lowest BCUT2D eigenvalue weighted by Crippen LogP contribution is -2.20. The fourth-order valence-corrected chi connectivity index (χ4v) is 2.31. The van der Waals surface area contributed by atoms with Crippen LogP contribution in [0.3, 0.4) is 0 Å². The SMILES string of the molecule is COc1ccc(NC(=O)COc2ccc3c(c2)OCO3)cc1Cl. The molecule has 0 saturated heterocycles. The maximum atomic E-state index is 11.9. The van der Waals surface area contributed by atoms with E-state index in [1.54, 1.807) is 36.4 Å². The molecule has 2 aromatic rings. The van der Waals surface area contributed by atoms with Crippen LogP contribution in [0.15, 0.2) is 36.4 Å². The molecule has 0 unspecified atom stereocenters. The van der Waals surface area contributed by atoms with Gasteiger partial charge in [-0.25, -0.2) is 0 Å². The fraction of sp³-hybridized carbons (Fsp3) is 0.188. The molecule has 120 valence electrons. The molecule has 0 spiro atoms. The average molecular weight is 336 g/mol. The number of hydrogen-bond donors (Lipinski definition) is 1. The molecular weight excluding hydrogens is 322 g/mol. The largest absolute Gasteiger partial charge is 0.495 e. The highest BCUT2D eigenvalue weighted by Crippen LogP contribution is 2.35. The standard InChI is InChI=1S/C16H14ClNO5/c1-20-13-4-2-10(6-12(13)17)18-16(19)8-21-11-3-5-14-15(7-11)23-9-22-14/h2-7H,8-9H2,1H3,(H,18,19). The number of carbonyl (C=O) groups is 1. The van der Waals surface area contributed by atoms with Crippen LogP contribution in [0.1, 0.15) is 0 Å². The minimum absolute atomic E-state index is 0.136. The molecule has 0 atom stereocenters. The van der Waals surface area contributed by atoms with Crippen molar-refractivity contribution in [2.75, 3.05) is 25.8 Å². The van der Waals surface area contributed by atoms with E-state index in [0.29, 0.717) is 33.7 Å². The molecule has 0 bridgehead atoms. The van der Waals surface area contributed by atoms with Crippen LogP contribution in [-0.4, -0.2) is 26.4 Å². The molecule has 3 rings (SSSR count). The van der Waals surface area contributed by atoms with Crippen LogP contribution in [0.25, 0.3) is 0 Å². The van der Waals surface area contributed by atoms with Crippen molar-refractivity contribution in [2.24, 2.45) is 0 Å². The maximum absolute atomic E-state index is 11.9. The van der Waals surface area contributed by atoms with E-state index in [4.69, 9.17) is 30.5 Å². The van der Waals surface area contributed by atoms with Gasteiger partial charge in [0.05, 0.1) is 12.1 Å². The summed E-state index contributed by atoms with van der Waals surface area (Å²) in [5.41, 5.74) is 0.565. The highest BCUT2D eigenvalue weighted by atomic mass is 35.5. The Labute approximate surface area is 137 Å². The van der Waals surface area contributed by atoms with E-state index in [2.05, 4.69) is 5.32 Å². The number of fused-ring (bicyclic) bond motifs is 1. The van der Waals surface area contributed by atoms with Crippen LogP contribution in [0.5, 0.6) is 23.0 Å². The van der Waals surface area contributed by atoms with Gasteiger partial charge < -0.3 is 24.3 Å². The van der Waals surface area contributed by atoms with Gasteiger partial charge in [-0.3, -0.25) is 4.79 Å². The molecule has 0 aromatic heterocycles. The van der Waals surface area contributed by atoms with Crippen LogP contribution < -0.4 is 24.3 Å². The number of hydrogen-bond acceptors (Lipinski definition) is 5. The number of nitrogens with one attached hydrogen (secondary N) is 1. The second-order valence-corrected chi connectivity index (χ2v) is 5.11. The molecule has 0 saturated carbocycles. The van der Waals surface area contributed by atoms with Gasteiger partial charge in [0.2, 0.25) is 6.79 Å². The van der Waals surface area contributed by atoms with Gasteiger partial charge in [0.15, 0.2) is 18.1 Å². The van der Waals surface area contributed by atoms with E-state index in [1.807, 2.05) is 0 Å². The number of ether oxygens (including phenoxy) is 4. The predicted octanol–water partition coefficient (Wildman–Crippen LogP) is 3.09. The van der Waals surface area contributed by atoms with E-state index in [-0.39, 0.29) is 19.3 Å². The number of anilines is 1. The van der Waals surface area contributed by atoms with Gasteiger partial charge in [0, 0.05) is 11.8 Å². The third kappa shape index (κ3) is 3.60. The summed E-state index contributed by atoms with van der Waals surface area (Å²) in [6.45, 7) is 0.0563. The Kier molecular flexibility index (Phi) is 4.43. The zero-order valence-corrected chi connectivity index (χ0v) is 13.1. The van der Waals surface area contributed by atoms with Crippen molar-refractivity contribution in [3.8, 4) is 23.0 Å². The Balaban J connectivity index is 1.56. The van der Waals surface area contributed by atoms with Crippen molar-refractivity contribution in [3.05, 3.63) is 41.4 Å². The topological polar surface area (TPSA) is 66.0 Å². The number of carbonyl (C=O) groups excluding carboxylic acids is 1. The van der Waals surface area contributed by atoms with Gasteiger partial charge >= 0.3 is 0 Å². The van der Waals surface area contributed by atoms with Crippen LogP contribution >= 0.6 is 11.6 Å². The Morgan fingerprint density at radius 1 is 1.22 bits per heavy atom. The lowest BCUT2D eigenvalue weighted by Gasteiger charge is -2.09. The molecule has 2 aromatic carbocycles. The number of methoxy groups -OCH3 is 1. The smallest absolute Gasteiger partial charge is 0.262 e. The molecule has 23 heavy (non-hydrogen) atoms. The molecule has 1 amide bonds. The zero-order valence-electron chi connectivity index (χ0n) is 12.3. The molecule has 0 aliphatic carbocycles. The monoisotopic (exact) mass is 335 g/mol. The maximum Gasteiger partial charge on any atom is 0.262 e. The van der Waals surface area contributed by atoms with Crippen molar-refractivity contribution in [3.63, 3.8) is 0 Å². The van der Waals surface area contributed by atoms with E-state index >= 15 is 0 Å². The number of halogens is 1.